The lowest BCUT2D eigenvalue weighted by atomic mass is 10.3. The van der Waals surface area contributed by atoms with Crippen LogP contribution in [0, 0.1) is 5.92 Å². The van der Waals surface area contributed by atoms with Gasteiger partial charge in [0.1, 0.15) is 6.54 Å². The van der Waals surface area contributed by atoms with Gasteiger partial charge in [-0.2, -0.15) is 0 Å². The Hall–Kier alpha value is -1.26. The zero-order valence-electron chi connectivity index (χ0n) is 7.50. The first kappa shape index (κ1) is 13.3. The number of carboxylic acid groups (broad SMARTS) is 2. The molecule has 0 aliphatic rings. The van der Waals surface area contributed by atoms with Crippen LogP contribution in [0.2, 0.25) is 0 Å². The summed E-state index contributed by atoms with van der Waals surface area (Å²) >= 11 is 0. The van der Waals surface area contributed by atoms with Crippen LogP contribution in [0.1, 0.15) is 20.8 Å². The van der Waals surface area contributed by atoms with E-state index in [1.165, 1.54) is 0 Å². The van der Waals surface area contributed by atoms with Gasteiger partial charge >= 0.3 is 12.1 Å². The highest BCUT2D eigenvalue weighted by molar-refractivity contribution is 5.75. The van der Waals surface area contributed by atoms with Crippen LogP contribution in [0.15, 0.2) is 0 Å². The van der Waals surface area contributed by atoms with Crippen molar-refractivity contribution in [1.82, 2.24) is 5.32 Å². The molecule has 0 atom stereocenters. The molecule has 0 spiro atoms. The first-order valence-electron chi connectivity index (χ1n) is 3.54. The molecule has 0 aromatic carbocycles. The molecule has 0 saturated heterocycles. The number of nitrogens with one attached hydrogen (secondary N) is 1. The smallest absolute Gasteiger partial charge is 0.405 e. The minimum absolute atomic E-state index is 0.546. The molecule has 1 amide bonds. The molecule has 0 unspecified atom stereocenters. The fourth-order valence-corrected chi connectivity index (χ4v) is 0.151. The average molecular weight is 177 g/mol. The lowest BCUT2D eigenvalue weighted by molar-refractivity contribution is -0.135. The number of hydrogen-bond donors (Lipinski definition) is 3. The van der Waals surface area contributed by atoms with Crippen LogP contribution in [0.3, 0.4) is 0 Å². The Labute approximate surface area is 71.4 Å². The molecule has 0 radical (unpaired) electrons. The van der Waals surface area contributed by atoms with Gasteiger partial charge in [-0.25, -0.2) is 4.79 Å². The van der Waals surface area contributed by atoms with Crippen LogP contribution < -0.4 is 5.32 Å². The Bertz CT molecular complexity index is 128. The van der Waals surface area contributed by atoms with E-state index in [4.69, 9.17) is 10.2 Å². The Balaban J connectivity index is 0. The number of amides is 1. The monoisotopic (exact) mass is 177 g/mol. The molecule has 0 aromatic heterocycles. The van der Waals surface area contributed by atoms with Gasteiger partial charge in [0, 0.05) is 0 Å². The van der Waals surface area contributed by atoms with Crippen molar-refractivity contribution >= 4 is 12.1 Å². The van der Waals surface area contributed by atoms with Crippen LogP contribution in [-0.2, 0) is 4.79 Å². The first-order valence-corrected chi connectivity index (χ1v) is 3.54. The van der Waals surface area contributed by atoms with Crippen molar-refractivity contribution in [2.45, 2.75) is 20.8 Å². The maximum atomic E-state index is 9.58. The predicted molar refractivity (Wildman–Crippen MR) is 44.2 cm³/mol. The standard InChI is InChI=1S/C4H10.C3H5NO4/c1-4(2)3;5-2(6)1-4-3(7)8/h4H,1-3H3;4H,1H2,(H,5,6)(H,7,8). The SMILES string of the molecule is CC(C)C.O=C(O)CNC(=O)O. The molecule has 0 aliphatic heterocycles. The molecule has 5 heteroatoms. The van der Waals surface area contributed by atoms with Gasteiger partial charge in [-0.15, -0.1) is 0 Å². The largest absolute Gasteiger partial charge is 0.480 e. The number of aliphatic carboxylic acids is 1. The summed E-state index contributed by atoms with van der Waals surface area (Å²) < 4.78 is 0. The summed E-state index contributed by atoms with van der Waals surface area (Å²) in [5.41, 5.74) is 0. The van der Waals surface area contributed by atoms with Crippen LogP contribution >= 0.6 is 0 Å². The number of hydrogen-bond acceptors (Lipinski definition) is 2. The second kappa shape index (κ2) is 7.84. The zero-order valence-corrected chi connectivity index (χ0v) is 7.50. The molecule has 0 aliphatic carbocycles. The van der Waals surface area contributed by atoms with Crippen LogP contribution in [-0.4, -0.2) is 28.8 Å². The predicted octanol–water partition coefficient (Wildman–Crippen LogP) is 1.00. The molecule has 0 bridgehead atoms. The highest BCUT2D eigenvalue weighted by Gasteiger charge is 1.97. The van der Waals surface area contributed by atoms with E-state index in [2.05, 4.69) is 20.8 Å². The molecule has 0 heterocycles. The molecule has 0 aromatic rings. The summed E-state index contributed by atoms with van der Waals surface area (Å²) in [7, 11) is 0. The molecule has 72 valence electrons. The highest BCUT2D eigenvalue weighted by Crippen LogP contribution is 1.81. The van der Waals surface area contributed by atoms with E-state index < -0.39 is 18.6 Å². The van der Waals surface area contributed by atoms with Gasteiger partial charge in [0.2, 0.25) is 0 Å². The summed E-state index contributed by atoms with van der Waals surface area (Å²) in [6.45, 7) is 5.95. The van der Waals surface area contributed by atoms with Gasteiger partial charge in [-0.3, -0.25) is 4.79 Å². The Morgan fingerprint density at radius 3 is 1.67 bits per heavy atom. The van der Waals surface area contributed by atoms with Crippen molar-refractivity contribution in [2.75, 3.05) is 6.54 Å². The number of carbonyl (C=O) groups is 2. The van der Waals surface area contributed by atoms with Gasteiger partial charge in [-0.1, -0.05) is 20.8 Å². The van der Waals surface area contributed by atoms with Crippen molar-refractivity contribution < 1.29 is 19.8 Å². The summed E-state index contributed by atoms with van der Waals surface area (Å²) in [4.78, 5) is 19.1. The lowest BCUT2D eigenvalue weighted by Crippen LogP contribution is -2.27. The van der Waals surface area contributed by atoms with E-state index in [9.17, 15) is 9.59 Å². The van der Waals surface area contributed by atoms with E-state index in [-0.39, 0.29) is 0 Å². The molecular weight excluding hydrogens is 162 g/mol. The average Bonchev–Trinajstić information content (AvgIpc) is 1.82. The van der Waals surface area contributed by atoms with Crippen LogP contribution in [0.25, 0.3) is 0 Å². The third-order valence-corrected chi connectivity index (χ3v) is 0.391. The Morgan fingerprint density at radius 2 is 1.58 bits per heavy atom. The maximum Gasteiger partial charge on any atom is 0.405 e. The highest BCUT2D eigenvalue weighted by atomic mass is 16.4. The van der Waals surface area contributed by atoms with Gasteiger partial charge in [0.05, 0.1) is 0 Å². The van der Waals surface area contributed by atoms with E-state index in [1.807, 2.05) is 0 Å². The normalized spacial score (nSPS) is 8.33. The maximum absolute atomic E-state index is 9.58. The van der Waals surface area contributed by atoms with E-state index in [1.54, 1.807) is 5.32 Å². The molecular formula is C7H15NO4. The fraction of sp³-hybridized carbons (Fsp3) is 0.714. The minimum atomic E-state index is -1.33. The molecule has 3 N–H and O–H groups in total. The molecule has 0 fully saturated rings. The van der Waals surface area contributed by atoms with Crippen LogP contribution in [0.5, 0.6) is 0 Å². The van der Waals surface area contributed by atoms with Crippen molar-refractivity contribution in [1.29, 1.82) is 0 Å². The van der Waals surface area contributed by atoms with E-state index in [0.29, 0.717) is 0 Å². The summed E-state index contributed by atoms with van der Waals surface area (Å²) in [6.07, 6.45) is -1.33. The van der Waals surface area contributed by atoms with Gasteiger partial charge in [0.15, 0.2) is 0 Å². The topological polar surface area (TPSA) is 86.6 Å². The van der Waals surface area contributed by atoms with Crippen molar-refractivity contribution in [2.24, 2.45) is 5.92 Å². The Kier molecular flexibility index (Phi) is 8.72. The molecule has 12 heavy (non-hydrogen) atoms. The van der Waals surface area contributed by atoms with Gasteiger partial charge in [0.25, 0.3) is 0 Å². The van der Waals surface area contributed by atoms with Crippen molar-refractivity contribution in [3.8, 4) is 0 Å². The van der Waals surface area contributed by atoms with Crippen molar-refractivity contribution in [3.63, 3.8) is 0 Å². The quantitative estimate of drug-likeness (QED) is 0.587. The number of rotatable bonds is 2. The van der Waals surface area contributed by atoms with Gasteiger partial charge < -0.3 is 15.5 Å². The second-order valence-corrected chi connectivity index (χ2v) is 2.78. The second-order valence-electron chi connectivity index (χ2n) is 2.78. The fourth-order valence-electron chi connectivity index (χ4n) is 0.151. The van der Waals surface area contributed by atoms with E-state index >= 15 is 0 Å². The molecule has 0 rings (SSSR count). The summed E-state index contributed by atoms with van der Waals surface area (Å²) in [5.74, 6) is -0.354. The summed E-state index contributed by atoms with van der Waals surface area (Å²) in [5, 5.41) is 17.3. The number of carboxylic acids is 1. The lowest BCUT2D eigenvalue weighted by Gasteiger charge is -1.90. The third kappa shape index (κ3) is 37.4. The zero-order chi connectivity index (χ0) is 10.1. The van der Waals surface area contributed by atoms with Gasteiger partial charge in [-0.05, 0) is 5.92 Å². The third-order valence-electron chi connectivity index (χ3n) is 0.391. The minimum Gasteiger partial charge on any atom is -0.480 e. The molecule has 0 saturated carbocycles. The van der Waals surface area contributed by atoms with E-state index in [0.717, 1.165) is 5.92 Å². The molecule has 5 nitrogen and oxygen atoms in total. The summed E-state index contributed by atoms with van der Waals surface area (Å²) in [6, 6.07) is 0. The first-order chi connectivity index (χ1) is 5.36. The van der Waals surface area contributed by atoms with Crippen LogP contribution in [0.4, 0.5) is 4.79 Å². The Morgan fingerprint density at radius 1 is 1.25 bits per heavy atom. The van der Waals surface area contributed by atoms with Crippen molar-refractivity contribution in [3.05, 3.63) is 0 Å².